The van der Waals surface area contributed by atoms with Crippen molar-refractivity contribution < 1.29 is 0 Å². The van der Waals surface area contributed by atoms with E-state index < -0.39 is 0 Å². The lowest BCUT2D eigenvalue weighted by Crippen LogP contribution is -2.08. The topological polar surface area (TPSA) is 48.6 Å². The molecule has 2 N–H and O–H groups in total. The van der Waals surface area contributed by atoms with E-state index in [-0.39, 0.29) is 16.5 Å². The van der Waals surface area contributed by atoms with Gasteiger partial charge in [-0.25, -0.2) is 4.79 Å². The van der Waals surface area contributed by atoms with E-state index in [4.69, 9.17) is 11.6 Å². The molecule has 0 aliphatic rings. The summed E-state index contributed by atoms with van der Waals surface area (Å²) in [5.41, 5.74) is 2.68. The van der Waals surface area contributed by atoms with Crippen LogP contribution in [0.5, 0.6) is 0 Å². The SMILES string of the molecule is CC(C)(C)CC(Cl)c1ccc2[nH]c(=O)[nH]c2c1. The molecular formula is C13H17ClN2O. The number of fused-ring (bicyclic) bond motifs is 1. The molecule has 1 atom stereocenters. The minimum Gasteiger partial charge on any atom is -0.306 e. The number of imidazole rings is 1. The summed E-state index contributed by atoms with van der Waals surface area (Å²) in [6.07, 6.45) is 0.898. The maximum absolute atomic E-state index is 11.2. The molecule has 3 nitrogen and oxygen atoms in total. The Hall–Kier alpha value is -1.22. The van der Waals surface area contributed by atoms with Crippen LogP contribution in [0, 0.1) is 5.41 Å². The van der Waals surface area contributed by atoms with Crippen molar-refractivity contribution in [3.63, 3.8) is 0 Å². The highest BCUT2D eigenvalue weighted by Gasteiger charge is 2.18. The Morgan fingerprint density at radius 2 is 1.88 bits per heavy atom. The molecule has 0 saturated heterocycles. The Morgan fingerprint density at radius 3 is 2.53 bits per heavy atom. The number of H-pyrrole nitrogens is 2. The van der Waals surface area contributed by atoms with Crippen molar-refractivity contribution in [2.75, 3.05) is 0 Å². The van der Waals surface area contributed by atoms with Crippen LogP contribution in [-0.2, 0) is 0 Å². The zero-order chi connectivity index (χ0) is 12.6. The summed E-state index contributed by atoms with van der Waals surface area (Å²) >= 11 is 6.40. The highest BCUT2D eigenvalue weighted by Crippen LogP contribution is 2.34. The monoisotopic (exact) mass is 252 g/mol. The number of nitrogens with one attached hydrogen (secondary N) is 2. The molecule has 0 aliphatic heterocycles. The largest absolute Gasteiger partial charge is 0.323 e. The van der Waals surface area contributed by atoms with E-state index in [0.29, 0.717) is 0 Å². The minimum atomic E-state index is -0.181. The van der Waals surface area contributed by atoms with E-state index in [1.165, 1.54) is 0 Å². The van der Waals surface area contributed by atoms with Crippen LogP contribution < -0.4 is 5.69 Å². The molecule has 0 aliphatic carbocycles. The molecule has 17 heavy (non-hydrogen) atoms. The molecular weight excluding hydrogens is 236 g/mol. The Morgan fingerprint density at radius 1 is 1.24 bits per heavy atom. The molecule has 0 fully saturated rings. The molecule has 1 aromatic heterocycles. The van der Waals surface area contributed by atoms with Crippen LogP contribution >= 0.6 is 11.6 Å². The van der Waals surface area contributed by atoms with E-state index in [1.807, 2.05) is 18.2 Å². The van der Waals surface area contributed by atoms with Crippen molar-refractivity contribution in [1.82, 2.24) is 9.97 Å². The fourth-order valence-corrected chi connectivity index (χ4v) is 2.50. The van der Waals surface area contributed by atoms with E-state index in [0.717, 1.165) is 23.0 Å². The minimum absolute atomic E-state index is 0.0298. The molecule has 4 heteroatoms. The lowest BCUT2D eigenvalue weighted by molar-refractivity contribution is 0.372. The van der Waals surface area contributed by atoms with Crippen molar-refractivity contribution in [3.8, 4) is 0 Å². The van der Waals surface area contributed by atoms with Crippen LogP contribution in [-0.4, -0.2) is 9.97 Å². The van der Waals surface area contributed by atoms with Gasteiger partial charge in [-0.3, -0.25) is 0 Å². The summed E-state index contributed by atoms with van der Waals surface area (Å²) < 4.78 is 0. The van der Waals surface area contributed by atoms with Crippen molar-refractivity contribution >= 4 is 22.6 Å². The molecule has 1 unspecified atom stereocenters. The molecule has 0 spiro atoms. The highest BCUT2D eigenvalue weighted by atomic mass is 35.5. The van der Waals surface area contributed by atoms with Crippen molar-refractivity contribution in [3.05, 3.63) is 34.2 Å². The third kappa shape index (κ3) is 2.91. The zero-order valence-electron chi connectivity index (χ0n) is 10.3. The number of hydrogen-bond acceptors (Lipinski definition) is 1. The van der Waals surface area contributed by atoms with Crippen LogP contribution in [0.4, 0.5) is 0 Å². The summed E-state index contributed by atoms with van der Waals surface area (Å²) in [6, 6.07) is 5.80. The molecule has 92 valence electrons. The molecule has 0 saturated carbocycles. The number of alkyl halides is 1. The van der Waals surface area contributed by atoms with Gasteiger partial charge in [0, 0.05) is 0 Å². The van der Waals surface area contributed by atoms with Crippen molar-refractivity contribution in [1.29, 1.82) is 0 Å². The summed E-state index contributed by atoms with van der Waals surface area (Å²) in [5.74, 6) is 0. The number of halogens is 1. The third-order valence-corrected chi connectivity index (χ3v) is 3.10. The first-order valence-electron chi connectivity index (χ1n) is 5.71. The van der Waals surface area contributed by atoms with Gasteiger partial charge >= 0.3 is 5.69 Å². The van der Waals surface area contributed by atoms with Crippen molar-refractivity contribution in [2.45, 2.75) is 32.6 Å². The molecule has 1 heterocycles. The van der Waals surface area contributed by atoms with Gasteiger partial charge in [-0.05, 0) is 29.5 Å². The molecule has 2 rings (SSSR count). The van der Waals surface area contributed by atoms with Crippen LogP contribution in [0.25, 0.3) is 11.0 Å². The Labute approximate surface area is 105 Å². The maximum atomic E-state index is 11.2. The van der Waals surface area contributed by atoms with E-state index in [1.54, 1.807) is 0 Å². The number of rotatable bonds is 2. The van der Waals surface area contributed by atoms with E-state index in [2.05, 4.69) is 30.7 Å². The van der Waals surface area contributed by atoms with Gasteiger partial charge in [0.15, 0.2) is 0 Å². The van der Waals surface area contributed by atoms with Gasteiger partial charge in [-0.2, -0.15) is 0 Å². The summed E-state index contributed by atoms with van der Waals surface area (Å²) in [5, 5.41) is -0.0298. The molecule has 2 aromatic rings. The average molecular weight is 253 g/mol. The van der Waals surface area contributed by atoms with Gasteiger partial charge in [0.05, 0.1) is 16.4 Å². The second-order valence-corrected chi connectivity index (χ2v) is 6.14. The Kier molecular flexibility index (Phi) is 3.04. The summed E-state index contributed by atoms with van der Waals surface area (Å²) in [7, 11) is 0. The lowest BCUT2D eigenvalue weighted by Gasteiger charge is -2.22. The van der Waals surface area contributed by atoms with Gasteiger partial charge in [-0.15, -0.1) is 11.6 Å². The summed E-state index contributed by atoms with van der Waals surface area (Å²) in [6.45, 7) is 6.50. The van der Waals surface area contributed by atoms with Gasteiger partial charge in [-0.1, -0.05) is 26.8 Å². The number of hydrogen-bond donors (Lipinski definition) is 2. The smallest absolute Gasteiger partial charge is 0.306 e. The van der Waals surface area contributed by atoms with Crippen molar-refractivity contribution in [2.24, 2.45) is 5.41 Å². The third-order valence-electron chi connectivity index (χ3n) is 2.69. The maximum Gasteiger partial charge on any atom is 0.323 e. The van der Waals surface area contributed by atoms with Crippen LogP contribution in [0.2, 0.25) is 0 Å². The molecule has 0 amide bonds. The van der Waals surface area contributed by atoms with Gasteiger partial charge in [0.2, 0.25) is 0 Å². The fraction of sp³-hybridized carbons (Fsp3) is 0.462. The fourth-order valence-electron chi connectivity index (χ4n) is 1.90. The Balaban J connectivity index is 2.32. The second-order valence-electron chi connectivity index (χ2n) is 5.62. The first-order chi connectivity index (χ1) is 7.85. The van der Waals surface area contributed by atoms with Gasteiger partial charge in [0.1, 0.15) is 0 Å². The number of aromatic nitrogens is 2. The van der Waals surface area contributed by atoms with Crippen LogP contribution in [0.15, 0.2) is 23.0 Å². The summed E-state index contributed by atoms with van der Waals surface area (Å²) in [4.78, 5) is 16.6. The molecule has 0 bridgehead atoms. The first kappa shape index (κ1) is 12.2. The predicted octanol–water partition coefficient (Wildman–Crippen LogP) is 3.57. The highest BCUT2D eigenvalue weighted by molar-refractivity contribution is 6.20. The normalized spacial score (nSPS) is 14.1. The quantitative estimate of drug-likeness (QED) is 0.789. The van der Waals surface area contributed by atoms with E-state index >= 15 is 0 Å². The van der Waals surface area contributed by atoms with Gasteiger partial charge < -0.3 is 9.97 Å². The standard InChI is InChI=1S/C13H17ClN2O/c1-13(2,3)7-9(14)8-4-5-10-11(6-8)16-12(17)15-10/h4-6,9H,7H2,1-3H3,(H2,15,16,17). The van der Waals surface area contributed by atoms with Crippen LogP contribution in [0.1, 0.15) is 38.1 Å². The number of benzene rings is 1. The number of aromatic amines is 2. The Bertz CT molecular complexity index is 577. The second kappa shape index (κ2) is 4.22. The van der Waals surface area contributed by atoms with E-state index in [9.17, 15) is 4.79 Å². The first-order valence-corrected chi connectivity index (χ1v) is 6.15. The molecule has 0 radical (unpaired) electrons. The van der Waals surface area contributed by atoms with Crippen LogP contribution in [0.3, 0.4) is 0 Å². The predicted molar refractivity (Wildman–Crippen MR) is 71.6 cm³/mol. The molecule has 1 aromatic carbocycles. The average Bonchev–Trinajstić information content (AvgIpc) is 2.53. The lowest BCUT2D eigenvalue weighted by atomic mass is 9.88. The zero-order valence-corrected chi connectivity index (χ0v) is 11.1. The van der Waals surface area contributed by atoms with Gasteiger partial charge in [0.25, 0.3) is 0 Å².